The van der Waals surface area contributed by atoms with E-state index in [1.54, 1.807) is 6.07 Å². The zero-order chi connectivity index (χ0) is 14.1. The predicted molar refractivity (Wildman–Crippen MR) is 85.6 cm³/mol. The Morgan fingerprint density at radius 1 is 1.20 bits per heavy atom. The number of carbonyl (C=O) groups excluding carboxylic acids is 1. The highest BCUT2D eigenvalue weighted by Crippen LogP contribution is 2.39. The number of thiocarbonyl (C=S) groups is 1. The summed E-state index contributed by atoms with van der Waals surface area (Å²) in [6.07, 6.45) is 9.13. The van der Waals surface area contributed by atoms with Crippen LogP contribution in [0.4, 0.5) is 0 Å². The largest absolute Gasteiger partial charge is 0.366 e. The monoisotopic (exact) mass is 281 g/mol. The van der Waals surface area contributed by atoms with Crippen molar-refractivity contribution in [1.82, 2.24) is 0 Å². The molecule has 0 aliphatic heterocycles. The zero-order valence-electron chi connectivity index (χ0n) is 11.1. The van der Waals surface area contributed by atoms with E-state index < -0.39 is 0 Å². The fraction of sp³-hybridized carbons (Fsp3) is 0.176. The lowest BCUT2D eigenvalue weighted by Gasteiger charge is -2.26. The molecule has 0 bridgehead atoms. The smallest absolute Gasteiger partial charge is 0.249 e. The molecule has 1 amide bonds. The Bertz CT molecular complexity index is 695. The molecule has 0 heterocycles. The first-order chi connectivity index (χ1) is 9.68. The fourth-order valence-corrected chi connectivity index (χ4v) is 3.27. The van der Waals surface area contributed by atoms with Crippen LogP contribution in [0.1, 0.15) is 35.2 Å². The number of carbonyl (C=O) groups is 1. The first-order valence-electron chi connectivity index (χ1n) is 6.73. The molecular formula is C17H15NOS. The second-order valence-electron chi connectivity index (χ2n) is 5.03. The third-order valence-electron chi connectivity index (χ3n) is 3.80. The molecule has 2 N–H and O–H groups in total. The van der Waals surface area contributed by atoms with E-state index in [1.165, 1.54) is 5.57 Å². The molecule has 2 nitrogen and oxygen atoms in total. The van der Waals surface area contributed by atoms with E-state index in [9.17, 15) is 4.79 Å². The number of benzene rings is 1. The van der Waals surface area contributed by atoms with Crippen molar-refractivity contribution in [3.63, 3.8) is 0 Å². The van der Waals surface area contributed by atoms with Crippen LogP contribution in [-0.2, 0) is 0 Å². The molecule has 0 radical (unpaired) electrons. The fourth-order valence-electron chi connectivity index (χ4n) is 2.94. The van der Waals surface area contributed by atoms with Gasteiger partial charge in [-0.05, 0) is 53.7 Å². The van der Waals surface area contributed by atoms with Crippen molar-refractivity contribution >= 4 is 28.6 Å². The Labute approximate surface area is 123 Å². The first kappa shape index (κ1) is 13.0. The molecule has 0 unspecified atom stereocenters. The van der Waals surface area contributed by atoms with Crippen molar-refractivity contribution in [2.75, 3.05) is 0 Å². The van der Waals surface area contributed by atoms with Crippen molar-refractivity contribution in [2.45, 2.75) is 19.3 Å². The van der Waals surface area contributed by atoms with Gasteiger partial charge in [0.1, 0.15) is 0 Å². The summed E-state index contributed by atoms with van der Waals surface area (Å²) in [6, 6.07) is 7.53. The number of hydrogen-bond donors (Lipinski definition) is 1. The minimum Gasteiger partial charge on any atom is -0.366 e. The van der Waals surface area contributed by atoms with Gasteiger partial charge in [0.2, 0.25) is 5.91 Å². The van der Waals surface area contributed by atoms with Gasteiger partial charge in [0.25, 0.3) is 0 Å². The molecule has 0 saturated carbocycles. The van der Waals surface area contributed by atoms with Crippen molar-refractivity contribution in [3.8, 4) is 0 Å². The molecule has 1 aromatic carbocycles. The molecule has 3 heteroatoms. The van der Waals surface area contributed by atoms with E-state index in [0.717, 1.165) is 40.8 Å². The Hall–Kier alpha value is -2.00. The van der Waals surface area contributed by atoms with Crippen LogP contribution in [-0.4, -0.2) is 10.8 Å². The van der Waals surface area contributed by atoms with Gasteiger partial charge in [-0.15, -0.1) is 0 Å². The lowest BCUT2D eigenvalue weighted by atomic mass is 9.79. The summed E-state index contributed by atoms with van der Waals surface area (Å²) < 4.78 is 0. The average molecular weight is 281 g/mol. The Kier molecular flexibility index (Phi) is 3.36. The van der Waals surface area contributed by atoms with E-state index in [0.29, 0.717) is 5.56 Å². The second kappa shape index (κ2) is 5.17. The lowest BCUT2D eigenvalue weighted by molar-refractivity contribution is 0.1000. The van der Waals surface area contributed by atoms with Crippen LogP contribution in [0.2, 0.25) is 0 Å². The molecule has 0 atom stereocenters. The van der Waals surface area contributed by atoms with Crippen LogP contribution in [0, 0.1) is 0 Å². The standard InChI is InChI=1S/C17H15NOS/c18-17(19)14-8-2-1-7-12(14)13-9-3-5-11-6-4-10-15(20)16(11)13/h1-2,4,6-8,10H,3,5,9H2,(H2,18,19). The van der Waals surface area contributed by atoms with Gasteiger partial charge in [-0.3, -0.25) is 4.79 Å². The molecule has 100 valence electrons. The van der Waals surface area contributed by atoms with Crippen LogP contribution in [0.15, 0.2) is 53.6 Å². The Morgan fingerprint density at radius 2 is 2.00 bits per heavy atom. The molecule has 2 aliphatic rings. The van der Waals surface area contributed by atoms with Crippen LogP contribution >= 0.6 is 12.2 Å². The summed E-state index contributed by atoms with van der Waals surface area (Å²) in [5, 5.41) is 0. The highest BCUT2D eigenvalue weighted by molar-refractivity contribution is 7.81. The number of hydrogen-bond acceptors (Lipinski definition) is 2. The number of rotatable bonds is 2. The van der Waals surface area contributed by atoms with Gasteiger partial charge in [-0.25, -0.2) is 0 Å². The number of allylic oxidation sites excluding steroid dienone is 6. The maximum atomic E-state index is 11.6. The minimum atomic E-state index is -0.387. The summed E-state index contributed by atoms with van der Waals surface area (Å²) in [4.78, 5) is 12.5. The highest BCUT2D eigenvalue weighted by Gasteiger charge is 2.24. The van der Waals surface area contributed by atoms with E-state index in [-0.39, 0.29) is 5.91 Å². The molecule has 3 rings (SSSR count). The summed E-state index contributed by atoms with van der Waals surface area (Å²) in [5.41, 5.74) is 10.6. The Balaban J connectivity index is 2.23. The summed E-state index contributed by atoms with van der Waals surface area (Å²) in [5.74, 6) is -0.387. The van der Waals surface area contributed by atoms with Crippen LogP contribution in [0.25, 0.3) is 5.57 Å². The highest BCUT2D eigenvalue weighted by atomic mass is 32.1. The Morgan fingerprint density at radius 3 is 2.80 bits per heavy atom. The minimum absolute atomic E-state index is 0.387. The summed E-state index contributed by atoms with van der Waals surface area (Å²) >= 11 is 5.49. The molecule has 0 saturated heterocycles. The van der Waals surface area contributed by atoms with Gasteiger partial charge in [0.05, 0.1) is 0 Å². The van der Waals surface area contributed by atoms with Gasteiger partial charge >= 0.3 is 0 Å². The van der Waals surface area contributed by atoms with Gasteiger partial charge in [-0.2, -0.15) is 0 Å². The van der Waals surface area contributed by atoms with Crippen LogP contribution < -0.4 is 5.73 Å². The molecule has 1 aromatic rings. The third kappa shape index (κ3) is 2.14. The van der Waals surface area contributed by atoms with Crippen molar-refractivity contribution in [3.05, 3.63) is 64.8 Å². The van der Waals surface area contributed by atoms with Gasteiger partial charge in [0, 0.05) is 10.4 Å². The molecule has 20 heavy (non-hydrogen) atoms. The summed E-state index contributed by atoms with van der Waals surface area (Å²) in [7, 11) is 0. The van der Waals surface area contributed by atoms with Gasteiger partial charge in [-0.1, -0.05) is 42.6 Å². The molecule has 2 aliphatic carbocycles. The number of fused-ring (bicyclic) bond motifs is 1. The van der Waals surface area contributed by atoms with Crippen LogP contribution in [0.3, 0.4) is 0 Å². The maximum Gasteiger partial charge on any atom is 0.249 e. The van der Waals surface area contributed by atoms with Crippen molar-refractivity contribution < 1.29 is 4.79 Å². The second-order valence-corrected chi connectivity index (χ2v) is 5.47. The number of primary amides is 1. The third-order valence-corrected chi connectivity index (χ3v) is 4.15. The van der Waals surface area contributed by atoms with E-state index in [1.807, 2.05) is 30.4 Å². The number of amides is 1. The summed E-state index contributed by atoms with van der Waals surface area (Å²) in [6.45, 7) is 0. The average Bonchev–Trinajstić information content (AvgIpc) is 2.47. The molecular weight excluding hydrogens is 266 g/mol. The van der Waals surface area contributed by atoms with E-state index in [4.69, 9.17) is 18.0 Å². The van der Waals surface area contributed by atoms with Gasteiger partial charge in [0.15, 0.2) is 0 Å². The number of nitrogens with two attached hydrogens (primary N) is 1. The quantitative estimate of drug-likeness (QED) is 0.842. The van der Waals surface area contributed by atoms with Crippen LogP contribution in [0.5, 0.6) is 0 Å². The maximum absolute atomic E-state index is 11.6. The lowest BCUT2D eigenvalue weighted by Crippen LogP contribution is -2.16. The molecule has 0 aromatic heterocycles. The zero-order valence-corrected chi connectivity index (χ0v) is 11.9. The molecule has 0 fully saturated rings. The van der Waals surface area contributed by atoms with E-state index in [2.05, 4.69) is 6.08 Å². The predicted octanol–water partition coefficient (Wildman–Crippen LogP) is 3.59. The molecule has 0 spiro atoms. The normalized spacial score (nSPS) is 17.8. The first-order valence-corrected chi connectivity index (χ1v) is 7.13. The topological polar surface area (TPSA) is 43.1 Å². The van der Waals surface area contributed by atoms with Gasteiger partial charge < -0.3 is 5.73 Å². The SMILES string of the molecule is NC(=O)c1ccccc1C1=C2C(=S)C=CC=C2CCC1. The van der Waals surface area contributed by atoms with Crippen molar-refractivity contribution in [2.24, 2.45) is 5.73 Å². The van der Waals surface area contributed by atoms with Crippen molar-refractivity contribution in [1.29, 1.82) is 0 Å². The van der Waals surface area contributed by atoms with E-state index >= 15 is 0 Å².